The summed E-state index contributed by atoms with van der Waals surface area (Å²) >= 11 is 7.22. The Morgan fingerprint density at radius 3 is 2.67 bits per heavy atom. The van der Waals surface area contributed by atoms with Crippen LogP contribution < -0.4 is 5.32 Å². The van der Waals surface area contributed by atoms with Crippen LogP contribution in [0, 0.1) is 6.92 Å². The molecular weight excluding hydrogens is 382 g/mol. The second kappa shape index (κ2) is 6.94. The van der Waals surface area contributed by atoms with Crippen molar-refractivity contribution in [3.8, 4) is 5.69 Å². The monoisotopic (exact) mass is 399 g/mol. The number of nitrogens with zero attached hydrogens (tertiary/aromatic N) is 2. The molecule has 0 saturated carbocycles. The van der Waals surface area contributed by atoms with Crippen LogP contribution in [0.3, 0.4) is 0 Å². The molecule has 27 heavy (non-hydrogen) atoms. The van der Waals surface area contributed by atoms with Crippen molar-refractivity contribution < 1.29 is 9.59 Å². The van der Waals surface area contributed by atoms with E-state index in [1.165, 1.54) is 16.9 Å². The number of aryl methyl sites for hydroxylation is 2. The van der Waals surface area contributed by atoms with E-state index in [1.54, 1.807) is 16.8 Å². The van der Waals surface area contributed by atoms with Gasteiger partial charge in [-0.1, -0.05) is 30.7 Å². The van der Waals surface area contributed by atoms with Gasteiger partial charge in [0.15, 0.2) is 5.78 Å². The van der Waals surface area contributed by atoms with Gasteiger partial charge in [0.25, 0.3) is 0 Å². The number of hydrogen-bond acceptors (Lipinski definition) is 4. The average molecular weight is 400 g/mol. The van der Waals surface area contributed by atoms with Crippen molar-refractivity contribution in [1.82, 2.24) is 9.78 Å². The minimum atomic E-state index is -0.549. The smallest absolute Gasteiger partial charge is 0.226 e. The number of halogens is 1. The van der Waals surface area contributed by atoms with Crippen LogP contribution in [-0.2, 0) is 11.2 Å². The molecule has 1 atom stereocenters. The molecule has 138 valence electrons. The zero-order chi connectivity index (χ0) is 19.1. The molecule has 2 aromatic heterocycles. The highest BCUT2D eigenvalue weighted by atomic mass is 35.5. The van der Waals surface area contributed by atoms with Crippen LogP contribution >= 0.6 is 22.9 Å². The number of nitrogens with one attached hydrogen (secondary N) is 1. The van der Waals surface area contributed by atoms with Crippen molar-refractivity contribution >= 4 is 40.4 Å². The number of aromatic nitrogens is 2. The summed E-state index contributed by atoms with van der Waals surface area (Å²) < 4.78 is 2.27. The highest BCUT2D eigenvalue weighted by Gasteiger charge is 2.36. The first-order valence-corrected chi connectivity index (χ1v) is 9.95. The minimum absolute atomic E-state index is 0.0908. The number of fused-ring (bicyclic) bond motifs is 1. The maximum atomic E-state index is 13.0. The Morgan fingerprint density at radius 2 is 2.04 bits per heavy atom. The largest absolute Gasteiger partial charge is 0.310 e. The predicted molar refractivity (Wildman–Crippen MR) is 107 cm³/mol. The molecule has 0 saturated heterocycles. The van der Waals surface area contributed by atoms with Crippen LogP contribution in [0.5, 0.6) is 0 Å². The van der Waals surface area contributed by atoms with E-state index in [4.69, 9.17) is 11.6 Å². The predicted octanol–water partition coefficient (Wildman–Crippen LogP) is 4.77. The summed E-state index contributed by atoms with van der Waals surface area (Å²) in [5, 5.41) is 7.52. The van der Waals surface area contributed by atoms with E-state index >= 15 is 0 Å². The lowest BCUT2D eigenvalue weighted by Gasteiger charge is -2.22. The quantitative estimate of drug-likeness (QED) is 0.643. The first-order valence-electron chi connectivity index (χ1n) is 8.76. The molecule has 0 radical (unpaired) electrons. The fraction of sp³-hybridized carbons (Fsp3) is 0.250. The molecule has 3 heterocycles. The van der Waals surface area contributed by atoms with Crippen LogP contribution in [0.15, 0.2) is 36.4 Å². The van der Waals surface area contributed by atoms with Gasteiger partial charge in [-0.25, -0.2) is 4.68 Å². The average Bonchev–Trinajstić information content (AvgIpc) is 3.24. The molecule has 4 rings (SSSR count). The van der Waals surface area contributed by atoms with Crippen molar-refractivity contribution in [1.29, 1.82) is 0 Å². The first-order chi connectivity index (χ1) is 13.0. The Kier molecular flexibility index (Phi) is 4.61. The van der Waals surface area contributed by atoms with Crippen molar-refractivity contribution in [2.45, 2.75) is 32.6 Å². The Morgan fingerprint density at radius 1 is 1.30 bits per heavy atom. The van der Waals surface area contributed by atoms with E-state index in [1.807, 2.05) is 31.2 Å². The maximum Gasteiger partial charge on any atom is 0.226 e. The number of carbonyl (C=O) groups excluding carboxylic acids is 2. The number of hydrogen-bond donors (Lipinski definition) is 1. The number of carbonyl (C=O) groups is 2. The van der Waals surface area contributed by atoms with Crippen molar-refractivity contribution in [2.75, 3.05) is 5.32 Å². The molecule has 1 N–H and O–H groups in total. The molecule has 1 amide bonds. The van der Waals surface area contributed by atoms with Gasteiger partial charge in [0.05, 0.1) is 26.5 Å². The second-order valence-electron chi connectivity index (χ2n) is 6.55. The first kappa shape index (κ1) is 17.9. The van der Waals surface area contributed by atoms with Crippen LogP contribution in [0.4, 0.5) is 5.82 Å². The summed E-state index contributed by atoms with van der Waals surface area (Å²) in [6, 6.07) is 11.4. The van der Waals surface area contributed by atoms with Crippen LogP contribution in [-0.4, -0.2) is 21.5 Å². The number of rotatable bonds is 4. The van der Waals surface area contributed by atoms with E-state index in [0.29, 0.717) is 15.0 Å². The minimum Gasteiger partial charge on any atom is -0.310 e. The fourth-order valence-corrected chi connectivity index (χ4v) is 4.49. The number of thiophene rings is 1. The summed E-state index contributed by atoms with van der Waals surface area (Å²) in [5.74, 6) is -0.247. The Labute approximate surface area is 166 Å². The standard InChI is InChI=1S/C20H18ClN3O2S/c1-3-12-4-6-13(7-5-12)24-20-18(11(2)23-24)14(10-17(25)22-20)19(26)15-8-9-16(21)27-15/h4-9,14H,3,10H2,1-2H3,(H,22,25). The number of anilines is 1. The van der Waals surface area contributed by atoms with Crippen LogP contribution in [0.25, 0.3) is 5.69 Å². The van der Waals surface area contributed by atoms with E-state index in [2.05, 4.69) is 17.3 Å². The third-order valence-corrected chi connectivity index (χ3v) is 6.07. The van der Waals surface area contributed by atoms with E-state index in [-0.39, 0.29) is 18.1 Å². The number of amides is 1. The Balaban J connectivity index is 1.79. The van der Waals surface area contributed by atoms with E-state index in [9.17, 15) is 9.59 Å². The topological polar surface area (TPSA) is 64.0 Å². The highest BCUT2D eigenvalue weighted by molar-refractivity contribution is 7.18. The van der Waals surface area contributed by atoms with E-state index in [0.717, 1.165) is 23.4 Å². The van der Waals surface area contributed by atoms with Crippen molar-refractivity contribution in [3.63, 3.8) is 0 Å². The summed E-state index contributed by atoms with van der Waals surface area (Å²) in [6.45, 7) is 3.97. The molecule has 1 unspecified atom stereocenters. The molecule has 3 aromatic rings. The van der Waals surface area contributed by atoms with E-state index < -0.39 is 5.92 Å². The van der Waals surface area contributed by atoms with Crippen LogP contribution in [0.2, 0.25) is 4.34 Å². The SMILES string of the molecule is CCc1ccc(-n2nc(C)c3c2NC(=O)CC3C(=O)c2ccc(Cl)s2)cc1. The summed E-state index contributed by atoms with van der Waals surface area (Å²) in [7, 11) is 0. The zero-order valence-electron chi connectivity index (χ0n) is 15.0. The molecular formula is C20H18ClN3O2S. The van der Waals surface area contributed by atoms with Gasteiger partial charge in [-0.2, -0.15) is 5.10 Å². The van der Waals surface area contributed by atoms with Gasteiger partial charge < -0.3 is 5.32 Å². The summed E-state index contributed by atoms with van der Waals surface area (Å²) in [6.07, 6.45) is 1.07. The van der Waals surface area contributed by atoms with Gasteiger partial charge in [0.2, 0.25) is 5.91 Å². The summed E-state index contributed by atoms with van der Waals surface area (Å²) in [4.78, 5) is 25.9. The molecule has 0 spiro atoms. The lowest BCUT2D eigenvalue weighted by molar-refractivity contribution is -0.116. The maximum absolute atomic E-state index is 13.0. The lowest BCUT2D eigenvalue weighted by atomic mass is 9.87. The zero-order valence-corrected chi connectivity index (χ0v) is 16.5. The molecule has 7 heteroatoms. The van der Waals surface area contributed by atoms with Crippen molar-refractivity contribution in [2.24, 2.45) is 0 Å². The van der Waals surface area contributed by atoms with Gasteiger partial charge >= 0.3 is 0 Å². The molecule has 1 aromatic carbocycles. The fourth-order valence-electron chi connectivity index (χ4n) is 3.45. The van der Waals surface area contributed by atoms with Gasteiger partial charge in [-0.05, 0) is 43.2 Å². The van der Waals surface area contributed by atoms with Gasteiger partial charge in [0, 0.05) is 12.0 Å². The van der Waals surface area contributed by atoms with Crippen LogP contribution in [0.1, 0.15) is 45.8 Å². The number of benzene rings is 1. The molecule has 1 aliphatic rings. The third-order valence-electron chi connectivity index (χ3n) is 4.82. The van der Waals surface area contributed by atoms with Gasteiger partial charge in [0.1, 0.15) is 5.82 Å². The highest BCUT2D eigenvalue weighted by Crippen LogP contribution is 2.39. The third kappa shape index (κ3) is 3.19. The second-order valence-corrected chi connectivity index (χ2v) is 8.27. The normalized spacial score (nSPS) is 16.1. The number of ketones is 1. The molecule has 0 bridgehead atoms. The molecule has 5 nitrogen and oxygen atoms in total. The Bertz CT molecular complexity index is 1040. The molecule has 1 aliphatic heterocycles. The molecule has 0 fully saturated rings. The molecule has 0 aliphatic carbocycles. The summed E-state index contributed by atoms with van der Waals surface area (Å²) in [5.41, 5.74) is 3.60. The van der Waals surface area contributed by atoms with Gasteiger partial charge in [-0.3, -0.25) is 9.59 Å². The Hall–Kier alpha value is -2.44. The number of Topliss-reactive ketones (excluding diaryl/α,β-unsaturated/α-hetero) is 1. The lowest BCUT2D eigenvalue weighted by Crippen LogP contribution is -2.28. The van der Waals surface area contributed by atoms with Crippen molar-refractivity contribution in [3.05, 3.63) is 62.4 Å². The van der Waals surface area contributed by atoms with Gasteiger partial charge in [-0.15, -0.1) is 11.3 Å².